The molecule has 2 aromatic carbocycles. The largest absolute Gasteiger partial charge is 0.315 e. The van der Waals surface area contributed by atoms with E-state index in [1.165, 1.54) is 29.5 Å². The molecule has 0 bridgehead atoms. The van der Waals surface area contributed by atoms with Gasteiger partial charge in [0.05, 0.1) is 20.2 Å². The van der Waals surface area contributed by atoms with Crippen LogP contribution in [0.1, 0.15) is 17.3 Å². The van der Waals surface area contributed by atoms with Crippen LogP contribution >= 0.6 is 22.9 Å². The third-order valence-corrected chi connectivity index (χ3v) is 4.84. The summed E-state index contributed by atoms with van der Waals surface area (Å²) in [6.07, 6.45) is 0. The smallest absolute Gasteiger partial charge is 0.286 e. The molecule has 0 saturated carbocycles. The number of nitrogens with zero attached hydrogens (tertiary/aromatic N) is 3. The number of aryl methyl sites for hydroxylation is 1. The monoisotopic (exact) mass is 361 g/mol. The van der Waals surface area contributed by atoms with E-state index in [0.717, 1.165) is 10.2 Å². The maximum atomic E-state index is 12.5. The molecule has 3 aromatic rings. The van der Waals surface area contributed by atoms with Crippen molar-refractivity contribution >= 4 is 44.7 Å². The van der Waals surface area contributed by atoms with Crippen LogP contribution in [0.3, 0.4) is 0 Å². The van der Waals surface area contributed by atoms with Crippen LogP contribution in [-0.2, 0) is 6.54 Å². The molecule has 0 saturated heterocycles. The van der Waals surface area contributed by atoms with Crippen molar-refractivity contribution in [1.82, 2.24) is 4.57 Å². The summed E-state index contributed by atoms with van der Waals surface area (Å²) in [4.78, 5) is 27.5. The normalized spacial score (nSPS) is 11.8. The Kier molecular flexibility index (Phi) is 4.46. The summed E-state index contributed by atoms with van der Waals surface area (Å²) in [5.74, 6) is -0.646. The average molecular weight is 362 g/mol. The second kappa shape index (κ2) is 6.54. The summed E-state index contributed by atoms with van der Waals surface area (Å²) in [7, 11) is 0. The second-order valence-corrected chi connectivity index (χ2v) is 6.32. The van der Waals surface area contributed by atoms with Crippen LogP contribution < -0.4 is 4.80 Å². The number of amides is 1. The SMILES string of the molecule is CCn1c(=NC(=O)c2ccccc2[N+](=O)[O-])sc2cccc(Cl)c21. The topological polar surface area (TPSA) is 77.5 Å². The molecule has 122 valence electrons. The Bertz CT molecular complexity index is 1020. The van der Waals surface area contributed by atoms with Crippen molar-refractivity contribution in [2.24, 2.45) is 4.99 Å². The van der Waals surface area contributed by atoms with Crippen LogP contribution in [-0.4, -0.2) is 15.4 Å². The van der Waals surface area contributed by atoms with Gasteiger partial charge in [0.1, 0.15) is 5.56 Å². The molecule has 1 amide bonds. The number of hydrogen-bond donors (Lipinski definition) is 0. The van der Waals surface area contributed by atoms with E-state index >= 15 is 0 Å². The third kappa shape index (κ3) is 2.83. The van der Waals surface area contributed by atoms with Crippen LogP contribution in [0.25, 0.3) is 10.2 Å². The molecule has 0 aliphatic rings. The number of nitro benzene ring substituents is 1. The Morgan fingerprint density at radius 1 is 1.29 bits per heavy atom. The van der Waals surface area contributed by atoms with Crippen molar-refractivity contribution in [3.8, 4) is 0 Å². The maximum absolute atomic E-state index is 12.5. The van der Waals surface area contributed by atoms with Gasteiger partial charge >= 0.3 is 0 Å². The van der Waals surface area contributed by atoms with E-state index < -0.39 is 10.8 Å². The molecule has 1 aromatic heterocycles. The first-order valence-electron chi connectivity index (χ1n) is 7.13. The van der Waals surface area contributed by atoms with Crippen LogP contribution in [0.15, 0.2) is 47.5 Å². The Morgan fingerprint density at radius 2 is 2.04 bits per heavy atom. The summed E-state index contributed by atoms with van der Waals surface area (Å²) in [5, 5.41) is 11.7. The fraction of sp³-hybridized carbons (Fsp3) is 0.125. The Morgan fingerprint density at radius 3 is 2.75 bits per heavy atom. The highest BCUT2D eigenvalue weighted by atomic mass is 35.5. The van der Waals surface area contributed by atoms with Crippen LogP contribution in [0.4, 0.5) is 5.69 Å². The molecule has 8 heteroatoms. The van der Waals surface area contributed by atoms with Gasteiger partial charge in [-0.05, 0) is 25.1 Å². The molecule has 0 N–H and O–H groups in total. The molecule has 0 aliphatic heterocycles. The lowest BCUT2D eigenvalue weighted by atomic mass is 10.2. The van der Waals surface area contributed by atoms with E-state index in [1.807, 2.05) is 23.6 Å². The highest BCUT2D eigenvalue weighted by molar-refractivity contribution is 7.16. The number of aromatic nitrogens is 1. The van der Waals surface area contributed by atoms with Gasteiger partial charge in [0.25, 0.3) is 11.6 Å². The van der Waals surface area contributed by atoms with Gasteiger partial charge in [0, 0.05) is 12.6 Å². The fourth-order valence-electron chi connectivity index (χ4n) is 2.43. The minimum atomic E-state index is -0.646. The highest BCUT2D eigenvalue weighted by Gasteiger charge is 2.19. The van der Waals surface area contributed by atoms with Gasteiger partial charge in [0.15, 0.2) is 4.80 Å². The van der Waals surface area contributed by atoms with Gasteiger partial charge in [-0.15, -0.1) is 0 Å². The van der Waals surface area contributed by atoms with Crippen LogP contribution in [0.5, 0.6) is 0 Å². The Labute approximate surface area is 145 Å². The molecule has 0 unspecified atom stereocenters. The molecule has 0 radical (unpaired) electrons. The number of hydrogen-bond acceptors (Lipinski definition) is 4. The third-order valence-electron chi connectivity index (χ3n) is 3.50. The maximum Gasteiger partial charge on any atom is 0.286 e. The van der Waals surface area contributed by atoms with E-state index in [2.05, 4.69) is 4.99 Å². The van der Waals surface area contributed by atoms with E-state index in [1.54, 1.807) is 12.1 Å². The standard InChI is InChI=1S/C16H12ClN3O3S/c1-2-19-14-11(17)7-5-9-13(14)24-16(19)18-15(21)10-6-3-4-8-12(10)20(22)23/h3-9H,2H2,1H3. The number of carbonyl (C=O) groups is 1. The average Bonchev–Trinajstić information content (AvgIpc) is 2.93. The van der Waals surface area contributed by atoms with Crippen molar-refractivity contribution in [2.45, 2.75) is 13.5 Å². The molecule has 6 nitrogen and oxygen atoms in total. The molecular weight excluding hydrogens is 350 g/mol. The zero-order valence-electron chi connectivity index (χ0n) is 12.6. The molecule has 3 rings (SSSR count). The number of halogens is 1. The lowest BCUT2D eigenvalue weighted by Gasteiger charge is -2.02. The Balaban J connectivity index is 2.19. The molecule has 24 heavy (non-hydrogen) atoms. The van der Waals surface area contributed by atoms with Crippen molar-refractivity contribution < 1.29 is 9.72 Å². The van der Waals surface area contributed by atoms with Crippen LogP contribution in [0, 0.1) is 10.1 Å². The number of fused-ring (bicyclic) bond motifs is 1. The summed E-state index contributed by atoms with van der Waals surface area (Å²) < 4.78 is 2.73. The number of benzene rings is 2. The van der Waals surface area contributed by atoms with Crippen LogP contribution in [0.2, 0.25) is 5.02 Å². The predicted octanol–water partition coefficient (Wildman–Crippen LogP) is 4.03. The second-order valence-electron chi connectivity index (χ2n) is 4.91. The fourth-order valence-corrected chi connectivity index (χ4v) is 3.88. The van der Waals surface area contributed by atoms with Crippen molar-refractivity contribution in [2.75, 3.05) is 0 Å². The summed E-state index contributed by atoms with van der Waals surface area (Å²) in [5.41, 5.74) is 0.517. The molecule has 1 heterocycles. The zero-order valence-corrected chi connectivity index (χ0v) is 14.2. The summed E-state index contributed by atoms with van der Waals surface area (Å²) >= 11 is 7.57. The van der Waals surface area contributed by atoms with Gasteiger partial charge in [-0.25, -0.2) is 0 Å². The summed E-state index contributed by atoms with van der Waals surface area (Å²) in [6.45, 7) is 2.50. The first kappa shape index (κ1) is 16.4. The van der Waals surface area contributed by atoms with Crippen molar-refractivity contribution in [3.05, 3.63) is 68.0 Å². The van der Waals surface area contributed by atoms with Crippen molar-refractivity contribution in [3.63, 3.8) is 0 Å². The molecular formula is C16H12ClN3O3S. The molecule has 0 aliphatic carbocycles. The number of nitro groups is 1. The zero-order chi connectivity index (χ0) is 17.3. The Hall–Kier alpha value is -2.51. The molecule has 0 atom stereocenters. The van der Waals surface area contributed by atoms with E-state index in [0.29, 0.717) is 16.4 Å². The van der Waals surface area contributed by atoms with E-state index in [-0.39, 0.29) is 11.3 Å². The quantitative estimate of drug-likeness (QED) is 0.522. The van der Waals surface area contributed by atoms with Gasteiger partial charge in [-0.2, -0.15) is 4.99 Å². The van der Waals surface area contributed by atoms with E-state index in [9.17, 15) is 14.9 Å². The minimum absolute atomic E-state index is 0.0336. The minimum Gasteiger partial charge on any atom is -0.315 e. The van der Waals surface area contributed by atoms with Gasteiger partial charge in [-0.3, -0.25) is 14.9 Å². The lowest BCUT2D eigenvalue weighted by molar-refractivity contribution is -0.385. The van der Waals surface area contributed by atoms with Gasteiger partial charge < -0.3 is 4.57 Å². The summed E-state index contributed by atoms with van der Waals surface area (Å²) in [6, 6.07) is 11.3. The van der Waals surface area contributed by atoms with Crippen molar-refractivity contribution in [1.29, 1.82) is 0 Å². The molecule has 0 fully saturated rings. The first-order chi connectivity index (χ1) is 11.5. The van der Waals surface area contributed by atoms with E-state index in [4.69, 9.17) is 11.6 Å². The predicted molar refractivity (Wildman–Crippen MR) is 93.5 cm³/mol. The number of thiazole rings is 1. The lowest BCUT2D eigenvalue weighted by Crippen LogP contribution is -2.16. The molecule has 0 spiro atoms. The highest BCUT2D eigenvalue weighted by Crippen LogP contribution is 2.25. The number of rotatable bonds is 3. The van der Waals surface area contributed by atoms with Gasteiger partial charge in [0.2, 0.25) is 0 Å². The number of carbonyl (C=O) groups excluding carboxylic acids is 1. The van der Waals surface area contributed by atoms with Gasteiger partial charge in [-0.1, -0.05) is 41.1 Å². The first-order valence-corrected chi connectivity index (χ1v) is 8.32. The number of para-hydroxylation sites is 2.